The molecular weight excluding hydrogens is 282 g/mol. The lowest BCUT2D eigenvalue weighted by atomic mass is 10.1. The molecule has 0 radical (unpaired) electrons. The molecule has 3 aromatic rings. The number of aromatic nitrogens is 1. The van der Waals surface area contributed by atoms with Gasteiger partial charge in [-0.15, -0.1) is 0 Å². The molecule has 0 saturated carbocycles. The molecule has 0 amide bonds. The lowest BCUT2D eigenvalue weighted by Crippen LogP contribution is -2.02. The largest absolute Gasteiger partial charge is 0.366 e. The lowest BCUT2D eigenvalue weighted by Gasteiger charge is -2.06. The smallest absolute Gasteiger partial charge is 0.208 e. The fourth-order valence-electron chi connectivity index (χ4n) is 2.26. The molecule has 0 aliphatic carbocycles. The third-order valence-corrected chi connectivity index (χ3v) is 5.22. The van der Waals surface area contributed by atoms with Crippen molar-refractivity contribution in [3.8, 4) is 11.1 Å². The number of hydrogen-bond acceptors (Lipinski definition) is 2. The highest BCUT2D eigenvalue weighted by molar-refractivity contribution is 7.91. The zero-order valence-corrected chi connectivity index (χ0v) is 12.4. The molecule has 3 rings (SSSR count). The summed E-state index contributed by atoms with van der Waals surface area (Å²) in [5.41, 5.74) is 2.60. The van der Waals surface area contributed by atoms with E-state index in [1.165, 1.54) is 6.20 Å². The van der Waals surface area contributed by atoms with Crippen LogP contribution in [0.4, 0.5) is 0 Å². The SMILES string of the molecule is Cc1ccc(S(=O)(=O)c2c[nH]cc2-c2ccccc2)cc1. The van der Waals surface area contributed by atoms with E-state index in [0.29, 0.717) is 15.4 Å². The van der Waals surface area contributed by atoms with E-state index in [1.54, 1.807) is 18.3 Å². The molecule has 0 aliphatic heterocycles. The molecule has 3 nitrogen and oxygen atoms in total. The Morgan fingerprint density at radius 2 is 1.52 bits per heavy atom. The van der Waals surface area contributed by atoms with E-state index >= 15 is 0 Å². The maximum atomic E-state index is 12.8. The first-order chi connectivity index (χ1) is 10.1. The minimum Gasteiger partial charge on any atom is -0.366 e. The molecule has 21 heavy (non-hydrogen) atoms. The average Bonchev–Trinajstić information content (AvgIpc) is 2.99. The number of sulfone groups is 1. The number of nitrogens with one attached hydrogen (secondary N) is 1. The summed E-state index contributed by atoms with van der Waals surface area (Å²) >= 11 is 0. The molecule has 106 valence electrons. The minimum absolute atomic E-state index is 0.303. The summed E-state index contributed by atoms with van der Waals surface area (Å²) in [4.78, 5) is 3.52. The van der Waals surface area contributed by atoms with Crippen LogP contribution in [0.25, 0.3) is 11.1 Å². The second-order valence-electron chi connectivity index (χ2n) is 4.92. The van der Waals surface area contributed by atoms with Crippen LogP contribution >= 0.6 is 0 Å². The van der Waals surface area contributed by atoms with Gasteiger partial charge in [0.1, 0.15) is 0 Å². The molecular formula is C17H15NO2S. The van der Waals surface area contributed by atoms with Gasteiger partial charge in [-0.25, -0.2) is 8.42 Å². The van der Waals surface area contributed by atoms with E-state index < -0.39 is 9.84 Å². The van der Waals surface area contributed by atoms with Gasteiger partial charge in [-0.05, 0) is 24.6 Å². The predicted molar refractivity (Wildman–Crippen MR) is 82.9 cm³/mol. The zero-order valence-electron chi connectivity index (χ0n) is 11.6. The fraction of sp³-hybridized carbons (Fsp3) is 0.0588. The molecule has 4 heteroatoms. The summed E-state index contributed by atoms with van der Waals surface area (Å²) in [5.74, 6) is 0. The highest BCUT2D eigenvalue weighted by atomic mass is 32.2. The molecule has 0 spiro atoms. The molecule has 0 bridgehead atoms. The number of benzene rings is 2. The van der Waals surface area contributed by atoms with Crippen LogP contribution in [0, 0.1) is 6.92 Å². The normalized spacial score (nSPS) is 11.5. The first-order valence-electron chi connectivity index (χ1n) is 6.63. The molecule has 0 saturated heterocycles. The molecule has 0 atom stereocenters. The van der Waals surface area contributed by atoms with Gasteiger partial charge < -0.3 is 4.98 Å². The van der Waals surface area contributed by atoms with Crippen molar-refractivity contribution in [1.29, 1.82) is 0 Å². The van der Waals surface area contributed by atoms with Crippen molar-refractivity contribution < 1.29 is 8.42 Å². The third kappa shape index (κ3) is 2.50. The van der Waals surface area contributed by atoms with Gasteiger partial charge in [0.15, 0.2) is 0 Å². The van der Waals surface area contributed by atoms with Gasteiger partial charge in [-0.3, -0.25) is 0 Å². The van der Waals surface area contributed by atoms with Crippen molar-refractivity contribution in [3.05, 3.63) is 72.6 Å². The van der Waals surface area contributed by atoms with Crippen LogP contribution in [0.5, 0.6) is 0 Å². The molecule has 0 fully saturated rings. The minimum atomic E-state index is -3.52. The van der Waals surface area contributed by atoms with Crippen LogP contribution in [-0.4, -0.2) is 13.4 Å². The third-order valence-electron chi connectivity index (χ3n) is 3.41. The highest BCUT2D eigenvalue weighted by Gasteiger charge is 2.22. The number of aromatic amines is 1. The Morgan fingerprint density at radius 3 is 2.19 bits per heavy atom. The molecule has 0 unspecified atom stereocenters. The van der Waals surface area contributed by atoms with Crippen LogP contribution in [0.3, 0.4) is 0 Å². The number of hydrogen-bond donors (Lipinski definition) is 1. The van der Waals surface area contributed by atoms with Crippen LogP contribution < -0.4 is 0 Å². The Labute approximate surface area is 124 Å². The fourth-order valence-corrected chi connectivity index (χ4v) is 3.70. The summed E-state index contributed by atoms with van der Waals surface area (Å²) in [7, 11) is -3.52. The van der Waals surface area contributed by atoms with Crippen molar-refractivity contribution in [3.63, 3.8) is 0 Å². The van der Waals surface area contributed by atoms with E-state index in [-0.39, 0.29) is 0 Å². The molecule has 1 N–H and O–H groups in total. The van der Waals surface area contributed by atoms with Gasteiger partial charge in [-0.1, -0.05) is 48.0 Å². The monoisotopic (exact) mass is 297 g/mol. The first kappa shape index (κ1) is 13.6. The van der Waals surface area contributed by atoms with Crippen molar-refractivity contribution >= 4 is 9.84 Å². The molecule has 2 aromatic carbocycles. The van der Waals surface area contributed by atoms with Gasteiger partial charge >= 0.3 is 0 Å². The highest BCUT2D eigenvalue weighted by Crippen LogP contribution is 2.31. The van der Waals surface area contributed by atoms with E-state index in [9.17, 15) is 8.42 Å². The number of aryl methyl sites for hydroxylation is 1. The van der Waals surface area contributed by atoms with Crippen LogP contribution in [0.2, 0.25) is 0 Å². The number of H-pyrrole nitrogens is 1. The van der Waals surface area contributed by atoms with Crippen molar-refractivity contribution in [2.45, 2.75) is 16.7 Å². The summed E-state index contributed by atoms with van der Waals surface area (Å²) in [5, 5.41) is 0. The van der Waals surface area contributed by atoms with Gasteiger partial charge in [-0.2, -0.15) is 0 Å². The summed E-state index contributed by atoms with van der Waals surface area (Å²) in [6.07, 6.45) is 3.26. The van der Waals surface area contributed by atoms with E-state index in [2.05, 4.69) is 4.98 Å². The summed E-state index contributed by atoms with van der Waals surface area (Å²) in [6.45, 7) is 1.93. The first-order valence-corrected chi connectivity index (χ1v) is 8.11. The van der Waals surface area contributed by atoms with Gasteiger partial charge in [0, 0.05) is 18.0 Å². The van der Waals surface area contributed by atoms with E-state index in [4.69, 9.17) is 0 Å². The van der Waals surface area contributed by atoms with E-state index in [1.807, 2.05) is 49.4 Å². The Bertz CT molecular complexity index is 847. The summed E-state index contributed by atoms with van der Waals surface area (Å²) < 4.78 is 25.6. The topological polar surface area (TPSA) is 49.9 Å². The molecule has 0 aliphatic rings. The Balaban J connectivity index is 2.13. The molecule has 1 aromatic heterocycles. The maximum Gasteiger partial charge on any atom is 0.208 e. The second-order valence-corrected chi connectivity index (χ2v) is 6.83. The maximum absolute atomic E-state index is 12.8. The van der Waals surface area contributed by atoms with E-state index in [0.717, 1.165) is 11.1 Å². The van der Waals surface area contributed by atoms with Crippen LogP contribution in [0.15, 0.2) is 76.8 Å². The summed E-state index contributed by atoms with van der Waals surface area (Å²) in [6, 6.07) is 16.4. The van der Waals surface area contributed by atoms with Crippen molar-refractivity contribution in [2.24, 2.45) is 0 Å². The van der Waals surface area contributed by atoms with Crippen LogP contribution in [-0.2, 0) is 9.84 Å². The standard InChI is InChI=1S/C17H15NO2S/c1-13-7-9-15(10-8-13)21(19,20)17-12-18-11-16(17)14-5-3-2-4-6-14/h2-12,18H,1H3. The van der Waals surface area contributed by atoms with Crippen molar-refractivity contribution in [2.75, 3.05) is 0 Å². The van der Waals surface area contributed by atoms with Gasteiger partial charge in [0.25, 0.3) is 0 Å². The van der Waals surface area contributed by atoms with Crippen LogP contribution in [0.1, 0.15) is 5.56 Å². The Morgan fingerprint density at radius 1 is 0.857 bits per heavy atom. The second kappa shape index (κ2) is 5.22. The van der Waals surface area contributed by atoms with Gasteiger partial charge in [0.2, 0.25) is 9.84 Å². The predicted octanol–water partition coefficient (Wildman–Crippen LogP) is 3.82. The molecule has 1 heterocycles. The number of rotatable bonds is 3. The Kier molecular flexibility index (Phi) is 3.39. The van der Waals surface area contributed by atoms with Crippen molar-refractivity contribution in [1.82, 2.24) is 4.98 Å². The zero-order chi connectivity index (χ0) is 14.9. The Hall–Kier alpha value is -2.33. The quantitative estimate of drug-likeness (QED) is 0.799. The average molecular weight is 297 g/mol. The lowest BCUT2D eigenvalue weighted by molar-refractivity contribution is 0.596. The van der Waals surface area contributed by atoms with Gasteiger partial charge in [0.05, 0.1) is 9.79 Å².